The number of rotatable bonds is 8. The van der Waals surface area contributed by atoms with Crippen LogP contribution in [0.3, 0.4) is 0 Å². The predicted octanol–water partition coefficient (Wildman–Crippen LogP) is 3.34. The third-order valence-corrected chi connectivity index (χ3v) is 3.00. The molecule has 5 nitrogen and oxygen atoms in total. The van der Waals surface area contributed by atoms with Crippen molar-refractivity contribution in [2.45, 2.75) is 33.1 Å². The number of esters is 1. The zero-order valence-corrected chi connectivity index (χ0v) is 13.2. The highest BCUT2D eigenvalue weighted by Crippen LogP contribution is 2.19. The summed E-state index contributed by atoms with van der Waals surface area (Å²) in [5, 5.41) is 0.454. The molecular formula is C13H19Cl2N3O2. The van der Waals surface area contributed by atoms with Gasteiger partial charge in [-0.25, -0.2) is 9.97 Å². The van der Waals surface area contributed by atoms with Crippen molar-refractivity contribution in [3.8, 4) is 0 Å². The van der Waals surface area contributed by atoms with E-state index in [2.05, 4.69) is 21.8 Å². The summed E-state index contributed by atoms with van der Waals surface area (Å²) in [7, 11) is 0. The minimum absolute atomic E-state index is 0.133. The Balaban J connectivity index is 2.64. The van der Waals surface area contributed by atoms with Crippen LogP contribution in [0.25, 0.3) is 0 Å². The Labute approximate surface area is 129 Å². The molecule has 0 saturated carbocycles. The summed E-state index contributed by atoms with van der Waals surface area (Å²) in [6.07, 6.45) is 2.84. The van der Waals surface area contributed by atoms with E-state index in [9.17, 15) is 4.79 Å². The summed E-state index contributed by atoms with van der Waals surface area (Å²) in [6.45, 7) is 5.48. The first-order valence-electron chi connectivity index (χ1n) is 6.61. The molecule has 20 heavy (non-hydrogen) atoms. The minimum atomic E-state index is -0.266. The number of aromatic nitrogens is 2. The van der Waals surface area contributed by atoms with Crippen molar-refractivity contribution in [2.75, 3.05) is 24.6 Å². The Hall–Kier alpha value is -1.07. The molecule has 0 unspecified atom stereocenters. The van der Waals surface area contributed by atoms with Gasteiger partial charge in [-0.2, -0.15) is 0 Å². The lowest BCUT2D eigenvalue weighted by Gasteiger charge is -2.23. The zero-order valence-electron chi connectivity index (χ0n) is 11.7. The number of unbranched alkanes of at least 4 members (excludes halogenated alkanes) is 1. The lowest BCUT2D eigenvalue weighted by molar-refractivity contribution is -0.140. The molecule has 0 fully saturated rings. The van der Waals surface area contributed by atoms with Crippen LogP contribution >= 0.6 is 23.2 Å². The maximum absolute atomic E-state index is 10.7. The van der Waals surface area contributed by atoms with Crippen molar-refractivity contribution in [2.24, 2.45) is 0 Å². The Morgan fingerprint density at radius 3 is 2.60 bits per heavy atom. The number of halogens is 2. The first kappa shape index (κ1) is 17.0. The van der Waals surface area contributed by atoms with Gasteiger partial charge in [0.25, 0.3) is 0 Å². The molecule has 1 aromatic heterocycles. The van der Waals surface area contributed by atoms with Gasteiger partial charge in [0.2, 0.25) is 5.28 Å². The van der Waals surface area contributed by atoms with Crippen LogP contribution in [0, 0.1) is 0 Å². The molecule has 0 bridgehead atoms. The van der Waals surface area contributed by atoms with Gasteiger partial charge in [0.1, 0.15) is 11.0 Å². The second-order valence-corrected chi connectivity index (χ2v) is 5.08. The minimum Gasteiger partial charge on any atom is -0.466 e. The van der Waals surface area contributed by atoms with E-state index >= 15 is 0 Å². The van der Waals surface area contributed by atoms with E-state index in [0.717, 1.165) is 32.4 Å². The molecule has 0 aromatic carbocycles. The third-order valence-electron chi connectivity index (χ3n) is 2.64. The normalized spacial score (nSPS) is 10.4. The lowest BCUT2D eigenvalue weighted by Crippen LogP contribution is -2.27. The third kappa shape index (κ3) is 6.39. The Morgan fingerprint density at radius 2 is 2.00 bits per heavy atom. The van der Waals surface area contributed by atoms with Gasteiger partial charge >= 0.3 is 5.97 Å². The van der Waals surface area contributed by atoms with Gasteiger partial charge in [0, 0.05) is 26.1 Å². The molecule has 1 heterocycles. The van der Waals surface area contributed by atoms with Crippen LogP contribution in [0.15, 0.2) is 6.07 Å². The number of anilines is 1. The summed E-state index contributed by atoms with van der Waals surface area (Å²) in [5.74, 6) is 0.435. The smallest absolute Gasteiger partial charge is 0.302 e. The summed E-state index contributed by atoms with van der Waals surface area (Å²) < 4.78 is 4.93. The van der Waals surface area contributed by atoms with Crippen LogP contribution in [-0.4, -0.2) is 35.6 Å². The Kier molecular flexibility index (Phi) is 7.62. The van der Waals surface area contributed by atoms with Crippen molar-refractivity contribution in [3.63, 3.8) is 0 Å². The summed E-state index contributed by atoms with van der Waals surface area (Å²) in [4.78, 5) is 20.8. The van der Waals surface area contributed by atoms with Crippen molar-refractivity contribution in [1.82, 2.24) is 9.97 Å². The zero-order chi connectivity index (χ0) is 15.0. The van der Waals surface area contributed by atoms with Crippen LogP contribution in [0.4, 0.5) is 5.82 Å². The molecule has 0 aliphatic carbocycles. The van der Waals surface area contributed by atoms with Crippen molar-refractivity contribution in [3.05, 3.63) is 16.5 Å². The fraction of sp³-hybridized carbons (Fsp3) is 0.615. The summed E-state index contributed by atoms with van der Waals surface area (Å²) in [6, 6.07) is 1.69. The highest BCUT2D eigenvalue weighted by Gasteiger charge is 2.10. The first-order chi connectivity index (χ1) is 9.52. The molecule has 1 rings (SSSR count). The number of hydrogen-bond donors (Lipinski definition) is 0. The molecular weight excluding hydrogens is 301 g/mol. The lowest BCUT2D eigenvalue weighted by atomic mass is 10.3. The summed E-state index contributed by atoms with van der Waals surface area (Å²) >= 11 is 11.7. The maximum Gasteiger partial charge on any atom is 0.302 e. The van der Waals surface area contributed by atoms with Crippen LogP contribution in [0.1, 0.15) is 33.1 Å². The largest absolute Gasteiger partial charge is 0.466 e. The molecule has 0 atom stereocenters. The molecule has 0 radical (unpaired) electrons. The molecule has 0 amide bonds. The Morgan fingerprint density at radius 1 is 1.30 bits per heavy atom. The second-order valence-electron chi connectivity index (χ2n) is 4.35. The van der Waals surface area contributed by atoms with Gasteiger partial charge in [-0.1, -0.05) is 24.9 Å². The highest BCUT2D eigenvalue weighted by molar-refractivity contribution is 6.32. The van der Waals surface area contributed by atoms with Crippen molar-refractivity contribution in [1.29, 1.82) is 0 Å². The summed E-state index contributed by atoms with van der Waals surface area (Å²) in [5.41, 5.74) is 0. The average Bonchev–Trinajstić information content (AvgIpc) is 2.36. The van der Waals surface area contributed by atoms with Gasteiger partial charge in [0.15, 0.2) is 0 Å². The quantitative estimate of drug-likeness (QED) is 0.318. The van der Waals surface area contributed by atoms with Crippen molar-refractivity contribution >= 4 is 35.0 Å². The second kappa shape index (κ2) is 8.97. The molecule has 0 aliphatic heterocycles. The van der Waals surface area contributed by atoms with Gasteiger partial charge in [-0.15, -0.1) is 0 Å². The monoisotopic (exact) mass is 319 g/mol. The van der Waals surface area contributed by atoms with Crippen LogP contribution in [0.5, 0.6) is 0 Å². The van der Waals surface area contributed by atoms with E-state index < -0.39 is 0 Å². The molecule has 0 N–H and O–H groups in total. The van der Waals surface area contributed by atoms with Gasteiger partial charge < -0.3 is 9.64 Å². The number of ether oxygens (including phenoxy) is 1. The fourth-order valence-electron chi connectivity index (χ4n) is 1.70. The van der Waals surface area contributed by atoms with Gasteiger partial charge in [-0.3, -0.25) is 4.79 Å². The number of hydrogen-bond acceptors (Lipinski definition) is 5. The Bertz CT molecular complexity index is 423. The van der Waals surface area contributed by atoms with E-state index in [0.29, 0.717) is 17.6 Å². The van der Waals surface area contributed by atoms with Gasteiger partial charge in [-0.05, 0) is 24.4 Å². The SMILES string of the molecule is CCCCN(CCCOC(C)=O)c1cc(Cl)nc(Cl)n1. The van der Waals surface area contributed by atoms with E-state index in [4.69, 9.17) is 27.9 Å². The topological polar surface area (TPSA) is 55.3 Å². The standard InChI is InChI=1S/C13H19Cl2N3O2/c1-3-4-6-18(7-5-8-20-10(2)19)12-9-11(14)16-13(15)17-12/h9H,3-8H2,1-2H3. The van der Waals surface area contributed by atoms with E-state index in [-0.39, 0.29) is 11.3 Å². The first-order valence-corrected chi connectivity index (χ1v) is 7.37. The van der Waals surface area contributed by atoms with Crippen LogP contribution in [0.2, 0.25) is 10.4 Å². The van der Waals surface area contributed by atoms with Gasteiger partial charge in [0.05, 0.1) is 6.61 Å². The number of nitrogens with zero attached hydrogens (tertiary/aromatic N) is 3. The maximum atomic E-state index is 10.7. The van der Waals surface area contributed by atoms with E-state index in [1.807, 2.05) is 0 Å². The molecule has 0 spiro atoms. The van der Waals surface area contributed by atoms with Crippen molar-refractivity contribution < 1.29 is 9.53 Å². The molecule has 112 valence electrons. The molecule has 7 heteroatoms. The van der Waals surface area contributed by atoms with Crippen LogP contribution < -0.4 is 4.90 Å². The fourth-order valence-corrected chi connectivity index (χ4v) is 2.10. The highest BCUT2D eigenvalue weighted by atomic mass is 35.5. The predicted molar refractivity (Wildman–Crippen MR) is 80.4 cm³/mol. The number of carbonyl (C=O) groups is 1. The van der Waals surface area contributed by atoms with Crippen LogP contribution in [-0.2, 0) is 9.53 Å². The van der Waals surface area contributed by atoms with E-state index in [1.165, 1.54) is 6.92 Å². The number of carbonyl (C=O) groups excluding carboxylic acids is 1. The molecule has 0 aliphatic rings. The average molecular weight is 320 g/mol. The molecule has 0 saturated heterocycles. The molecule has 1 aromatic rings. The van der Waals surface area contributed by atoms with E-state index in [1.54, 1.807) is 6.07 Å².